The van der Waals surface area contributed by atoms with Gasteiger partial charge < -0.3 is 9.47 Å². The average molecular weight is 164 g/mol. The molecule has 0 spiro atoms. The van der Waals surface area contributed by atoms with Crippen LogP contribution in [0.4, 0.5) is 0 Å². The molecule has 0 atom stereocenters. The summed E-state index contributed by atoms with van der Waals surface area (Å²) in [6.45, 7) is 4.60. The van der Waals surface area contributed by atoms with Crippen LogP contribution in [0, 0.1) is 0 Å². The Hall–Kier alpha value is -1.18. The first-order valence-corrected chi connectivity index (χ1v) is 4.10. The van der Waals surface area contributed by atoms with Crippen LogP contribution in [-0.4, -0.2) is 6.79 Å². The van der Waals surface area contributed by atoms with E-state index in [0.717, 1.165) is 17.9 Å². The van der Waals surface area contributed by atoms with Gasteiger partial charge >= 0.3 is 0 Å². The van der Waals surface area contributed by atoms with Crippen LogP contribution in [0.5, 0.6) is 0 Å². The Morgan fingerprint density at radius 3 is 2.83 bits per heavy atom. The Morgan fingerprint density at radius 1 is 1.25 bits per heavy atom. The van der Waals surface area contributed by atoms with Gasteiger partial charge in [0.05, 0.1) is 0 Å². The molecule has 0 aromatic carbocycles. The molecule has 0 radical (unpaired) electrons. The highest BCUT2D eigenvalue weighted by atomic mass is 16.7. The van der Waals surface area contributed by atoms with Crippen LogP contribution in [0.1, 0.15) is 20.3 Å². The van der Waals surface area contributed by atoms with Gasteiger partial charge in [-0.3, -0.25) is 0 Å². The highest BCUT2D eigenvalue weighted by Gasteiger charge is 2.19. The minimum absolute atomic E-state index is 0.380. The van der Waals surface area contributed by atoms with E-state index in [9.17, 15) is 0 Å². The van der Waals surface area contributed by atoms with Crippen molar-refractivity contribution in [1.82, 2.24) is 0 Å². The van der Waals surface area contributed by atoms with E-state index in [1.54, 1.807) is 0 Å². The predicted molar refractivity (Wildman–Crippen MR) is 46.2 cm³/mol. The highest BCUT2D eigenvalue weighted by Crippen LogP contribution is 2.30. The first-order chi connectivity index (χ1) is 5.77. The molecule has 64 valence electrons. The van der Waals surface area contributed by atoms with Gasteiger partial charge in [0.2, 0.25) is 6.79 Å². The lowest BCUT2D eigenvalue weighted by molar-refractivity contribution is 0.0736. The van der Waals surface area contributed by atoms with Crippen molar-refractivity contribution in [3.05, 3.63) is 34.8 Å². The molecule has 0 amide bonds. The van der Waals surface area contributed by atoms with Crippen LogP contribution in [0.2, 0.25) is 0 Å². The third-order valence-corrected chi connectivity index (χ3v) is 2.15. The van der Waals surface area contributed by atoms with Gasteiger partial charge in [-0.05, 0) is 25.5 Å². The van der Waals surface area contributed by atoms with Crippen LogP contribution < -0.4 is 0 Å². The summed E-state index contributed by atoms with van der Waals surface area (Å²) >= 11 is 0. The zero-order valence-electron chi connectivity index (χ0n) is 7.39. The maximum atomic E-state index is 5.31. The lowest BCUT2D eigenvalue weighted by Crippen LogP contribution is -1.94. The minimum Gasteiger partial charge on any atom is -0.458 e. The fourth-order valence-corrected chi connectivity index (χ4v) is 1.35. The Labute approximate surface area is 72.2 Å². The monoisotopic (exact) mass is 164 g/mol. The van der Waals surface area contributed by atoms with Crippen LogP contribution in [0.3, 0.4) is 0 Å². The van der Waals surface area contributed by atoms with Crippen molar-refractivity contribution >= 4 is 0 Å². The Morgan fingerprint density at radius 2 is 2.08 bits per heavy atom. The number of rotatable bonds is 0. The van der Waals surface area contributed by atoms with Gasteiger partial charge in [-0.25, -0.2) is 0 Å². The summed E-state index contributed by atoms with van der Waals surface area (Å²) in [4.78, 5) is 0. The molecule has 0 aromatic rings. The van der Waals surface area contributed by atoms with Gasteiger partial charge in [0, 0.05) is 6.42 Å². The van der Waals surface area contributed by atoms with Gasteiger partial charge in [0.15, 0.2) is 5.76 Å². The second-order valence-electron chi connectivity index (χ2n) is 3.23. The van der Waals surface area contributed by atoms with E-state index in [1.165, 1.54) is 11.1 Å². The summed E-state index contributed by atoms with van der Waals surface area (Å²) in [5, 5.41) is 0. The number of hydrogen-bond acceptors (Lipinski definition) is 2. The number of hydrogen-bond donors (Lipinski definition) is 0. The van der Waals surface area contributed by atoms with Crippen molar-refractivity contribution in [2.24, 2.45) is 0 Å². The van der Waals surface area contributed by atoms with Gasteiger partial charge in [-0.15, -0.1) is 0 Å². The summed E-state index contributed by atoms with van der Waals surface area (Å²) in [5.74, 6) is 1.88. The molecule has 0 fully saturated rings. The average Bonchev–Trinajstić information content (AvgIpc) is 2.49. The second-order valence-corrected chi connectivity index (χ2v) is 3.23. The molecule has 12 heavy (non-hydrogen) atoms. The van der Waals surface area contributed by atoms with Crippen LogP contribution >= 0.6 is 0 Å². The van der Waals surface area contributed by atoms with Gasteiger partial charge in [0.25, 0.3) is 0 Å². The maximum absolute atomic E-state index is 5.31. The minimum atomic E-state index is 0.380. The van der Waals surface area contributed by atoms with Crippen molar-refractivity contribution in [2.75, 3.05) is 6.79 Å². The molecule has 0 bridgehead atoms. The molecule has 1 aliphatic heterocycles. The summed E-state index contributed by atoms with van der Waals surface area (Å²) in [5.41, 5.74) is 2.67. The SMILES string of the molecule is CC(C)=C1C=CC2=C(C1)OCO2. The molecule has 1 heterocycles. The molecule has 2 heteroatoms. The largest absolute Gasteiger partial charge is 0.458 e. The zero-order chi connectivity index (χ0) is 8.55. The third-order valence-electron chi connectivity index (χ3n) is 2.15. The van der Waals surface area contributed by atoms with E-state index in [-0.39, 0.29) is 0 Å². The molecule has 2 aliphatic rings. The zero-order valence-corrected chi connectivity index (χ0v) is 7.39. The van der Waals surface area contributed by atoms with Gasteiger partial charge in [-0.2, -0.15) is 0 Å². The Balaban J connectivity index is 2.27. The van der Waals surface area contributed by atoms with Crippen molar-refractivity contribution < 1.29 is 9.47 Å². The highest BCUT2D eigenvalue weighted by molar-refractivity contribution is 5.38. The molecule has 0 unspecified atom stereocenters. The quantitative estimate of drug-likeness (QED) is 0.547. The number of ether oxygens (including phenoxy) is 2. The molecular formula is C10H12O2. The summed E-state index contributed by atoms with van der Waals surface area (Å²) in [7, 11) is 0. The molecule has 0 saturated carbocycles. The molecule has 0 aromatic heterocycles. The summed E-state index contributed by atoms with van der Waals surface area (Å²) < 4.78 is 10.5. The van der Waals surface area contributed by atoms with Crippen molar-refractivity contribution in [2.45, 2.75) is 20.3 Å². The Kier molecular flexibility index (Phi) is 1.68. The van der Waals surface area contributed by atoms with E-state index in [1.807, 2.05) is 6.08 Å². The van der Waals surface area contributed by atoms with Crippen LogP contribution in [0.15, 0.2) is 34.8 Å². The molecule has 1 aliphatic carbocycles. The second kappa shape index (κ2) is 2.70. The standard InChI is InChI=1S/C10H12O2/c1-7(2)8-3-4-9-10(5-8)12-6-11-9/h3-4H,5-6H2,1-2H3. The molecule has 0 N–H and O–H groups in total. The van der Waals surface area contributed by atoms with Gasteiger partial charge in [-0.1, -0.05) is 11.6 Å². The fourth-order valence-electron chi connectivity index (χ4n) is 1.35. The number of allylic oxidation sites excluding steroid dienone is 4. The molecule has 0 saturated heterocycles. The summed E-state index contributed by atoms with van der Waals surface area (Å²) in [6, 6.07) is 0. The molecule has 2 rings (SSSR count). The van der Waals surface area contributed by atoms with E-state index in [2.05, 4.69) is 19.9 Å². The van der Waals surface area contributed by atoms with Gasteiger partial charge in [0.1, 0.15) is 5.76 Å². The fraction of sp³-hybridized carbons (Fsp3) is 0.400. The molecular weight excluding hydrogens is 152 g/mol. The van der Waals surface area contributed by atoms with Crippen LogP contribution in [0.25, 0.3) is 0 Å². The van der Waals surface area contributed by atoms with E-state index in [4.69, 9.17) is 9.47 Å². The first-order valence-electron chi connectivity index (χ1n) is 4.10. The van der Waals surface area contributed by atoms with E-state index in [0.29, 0.717) is 6.79 Å². The summed E-state index contributed by atoms with van der Waals surface area (Å²) in [6.07, 6.45) is 4.96. The van der Waals surface area contributed by atoms with E-state index < -0.39 is 0 Å². The molecule has 2 nitrogen and oxygen atoms in total. The smallest absolute Gasteiger partial charge is 0.230 e. The maximum Gasteiger partial charge on any atom is 0.230 e. The predicted octanol–water partition coefficient (Wildman–Crippen LogP) is 2.50. The van der Waals surface area contributed by atoms with Crippen molar-refractivity contribution in [1.29, 1.82) is 0 Å². The lowest BCUT2D eigenvalue weighted by atomic mass is 10.0. The van der Waals surface area contributed by atoms with E-state index >= 15 is 0 Å². The first kappa shape index (κ1) is 7.47. The Bertz CT molecular complexity index is 291. The third kappa shape index (κ3) is 1.13. The normalized spacial score (nSPS) is 20.3. The lowest BCUT2D eigenvalue weighted by Gasteiger charge is -2.09. The topological polar surface area (TPSA) is 18.5 Å². The van der Waals surface area contributed by atoms with Crippen LogP contribution in [-0.2, 0) is 9.47 Å². The van der Waals surface area contributed by atoms with Crippen molar-refractivity contribution in [3.8, 4) is 0 Å². The van der Waals surface area contributed by atoms with Crippen molar-refractivity contribution in [3.63, 3.8) is 0 Å².